The number of urea groups is 1. The van der Waals surface area contributed by atoms with Crippen molar-refractivity contribution in [2.45, 2.75) is 32.4 Å². The first-order chi connectivity index (χ1) is 12.6. The van der Waals surface area contributed by atoms with Crippen LogP contribution in [-0.2, 0) is 11.3 Å². The average Bonchev–Trinajstić information content (AvgIpc) is 3.51. The van der Waals surface area contributed by atoms with Crippen molar-refractivity contribution >= 4 is 17.7 Å². The fourth-order valence-electron chi connectivity index (χ4n) is 3.02. The van der Waals surface area contributed by atoms with Gasteiger partial charge in [-0.25, -0.2) is 9.59 Å². The highest BCUT2D eigenvalue weighted by Crippen LogP contribution is 2.36. The molecule has 0 bridgehead atoms. The number of carbonyl (C=O) groups is 2. The molecule has 2 aromatic rings. The summed E-state index contributed by atoms with van der Waals surface area (Å²) in [6, 6.07) is 16.8. The van der Waals surface area contributed by atoms with Crippen LogP contribution in [0.4, 0.5) is 10.5 Å². The monoisotopic (exact) mass is 352 g/mol. The van der Waals surface area contributed by atoms with E-state index in [4.69, 9.17) is 4.74 Å². The van der Waals surface area contributed by atoms with Crippen molar-refractivity contribution in [3.63, 3.8) is 0 Å². The van der Waals surface area contributed by atoms with Crippen LogP contribution < -0.4 is 5.32 Å². The summed E-state index contributed by atoms with van der Waals surface area (Å²) in [6.45, 7) is 2.69. The number of benzene rings is 2. The molecule has 5 heteroatoms. The molecule has 2 aromatic carbocycles. The molecule has 1 N–H and O–H groups in total. The van der Waals surface area contributed by atoms with Crippen molar-refractivity contribution in [1.82, 2.24) is 4.90 Å². The normalized spacial score (nSPS) is 14.4. The van der Waals surface area contributed by atoms with E-state index in [9.17, 15) is 9.59 Å². The molecule has 0 aliphatic heterocycles. The Morgan fingerprint density at radius 2 is 1.77 bits per heavy atom. The van der Waals surface area contributed by atoms with Gasteiger partial charge >= 0.3 is 12.0 Å². The summed E-state index contributed by atoms with van der Waals surface area (Å²) in [4.78, 5) is 26.3. The van der Waals surface area contributed by atoms with E-state index >= 15 is 0 Å². The fourth-order valence-corrected chi connectivity index (χ4v) is 3.02. The van der Waals surface area contributed by atoms with E-state index in [1.54, 1.807) is 24.3 Å². The fraction of sp³-hybridized carbons (Fsp3) is 0.333. The molecule has 5 nitrogen and oxygen atoms in total. The van der Waals surface area contributed by atoms with E-state index < -0.39 is 5.97 Å². The van der Waals surface area contributed by atoms with E-state index in [0.29, 0.717) is 23.7 Å². The van der Waals surface area contributed by atoms with Crippen LogP contribution in [0.15, 0.2) is 54.6 Å². The first-order valence-corrected chi connectivity index (χ1v) is 8.88. The van der Waals surface area contributed by atoms with Crippen molar-refractivity contribution in [3.8, 4) is 0 Å². The van der Waals surface area contributed by atoms with Crippen molar-refractivity contribution in [2.75, 3.05) is 12.4 Å². The van der Waals surface area contributed by atoms with E-state index in [-0.39, 0.29) is 12.1 Å². The number of nitrogens with zero attached hydrogens (tertiary/aromatic N) is 1. The minimum atomic E-state index is -0.393. The lowest BCUT2D eigenvalue weighted by atomic mass is 10.1. The van der Waals surface area contributed by atoms with Crippen molar-refractivity contribution in [1.29, 1.82) is 0 Å². The molecule has 1 aliphatic rings. The molecule has 2 amide bonds. The molecule has 0 radical (unpaired) electrons. The quantitative estimate of drug-likeness (QED) is 0.788. The van der Waals surface area contributed by atoms with E-state index in [1.807, 2.05) is 35.2 Å². The van der Waals surface area contributed by atoms with Crippen LogP contribution in [0.5, 0.6) is 0 Å². The highest BCUT2D eigenvalue weighted by atomic mass is 16.5. The molecule has 0 heterocycles. The first kappa shape index (κ1) is 18.0. The zero-order chi connectivity index (χ0) is 18.5. The maximum atomic E-state index is 12.9. The van der Waals surface area contributed by atoms with Crippen LogP contribution in [0.1, 0.15) is 35.7 Å². The Morgan fingerprint density at radius 1 is 1.12 bits per heavy atom. The second-order valence-electron chi connectivity index (χ2n) is 6.69. The number of carbonyl (C=O) groups excluding carboxylic acids is 2. The Hall–Kier alpha value is -2.82. The zero-order valence-corrected chi connectivity index (χ0v) is 15.1. The lowest BCUT2D eigenvalue weighted by Crippen LogP contribution is -2.42. The number of nitrogens with one attached hydrogen (secondary N) is 1. The van der Waals surface area contributed by atoms with Gasteiger partial charge in [-0.05, 0) is 55.5 Å². The molecule has 1 atom stereocenters. The van der Waals surface area contributed by atoms with Crippen molar-refractivity contribution in [2.24, 2.45) is 5.92 Å². The molecule has 0 aromatic heterocycles. The summed E-state index contributed by atoms with van der Waals surface area (Å²) in [5.74, 6) is 0.182. The van der Waals surface area contributed by atoms with Gasteiger partial charge in [0.25, 0.3) is 0 Å². The van der Waals surface area contributed by atoms with Gasteiger partial charge in [0.2, 0.25) is 0 Å². The molecule has 26 heavy (non-hydrogen) atoms. The number of esters is 1. The molecule has 1 fully saturated rings. The largest absolute Gasteiger partial charge is 0.465 e. The summed E-state index contributed by atoms with van der Waals surface area (Å²) in [7, 11) is 1.35. The predicted octanol–water partition coefficient (Wildman–Crippen LogP) is 4.31. The highest BCUT2D eigenvalue weighted by Gasteiger charge is 2.34. The maximum absolute atomic E-state index is 12.9. The third-order valence-corrected chi connectivity index (χ3v) is 4.81. The standard InChI is InChI=1S/C21H24N2O3/c1-15(17-8-9-17)23(14-16-6-4-3-5-7-16)21(25)22-19-12-10-18(11-13-19)20(24)26-2/h3-7,10-13,15,17H,8-9,14H2,1-2H3,(H,22,25). The van der Waals surface area contributed by atoms with Crippen LogP contribution in [0.3, 0.4) is 0 Å². The third-order valence-electron chi connectivity index (χ3n) is 4.81. The number of hydrogen-bond donors (Lipinski definition) is 1. The van der Waals surface area contributed by atoms with Gasteiger partial charge in [-0.3, -0.25) is 0 Å². The van der Waals surface area contributed by atoms with Crippen LogP contribution in [-0.4, -0.2) is 30.1 Å². The molecular formula is C21H24N2O3. The van der Waals surface area contributed by atoms with Crippen LogP contribution in [0.25, 0.3) is 0 Å². The minimum Gasteiger partial charge on any atom is -0.465 e. The first-order valence-electron chi connectivity index (χ1n) is 8.88. The number of ether oxygens (including phenoxy) is 1. The summed E-state index contributed by atoms with van der Waals surface area (Å²) in [5, 5.41) is 2.94. The number of amides is 2. The molecule has 0 saturated heterocycles. The van der Waals surface area contributed by atoms with Gasteiger partial charge in [-0.2, -0.15) is 0 Å². The topological polar surface area (TPSA) is 58.6 Å². The lowest BCUT2D eigenvalue weighted by molar-refractivity contribution is 0.0600. The van der Waals surface area contributed by atoms with Gasteiger partial charge in [0, 0.05) is 18.3 Å². The molecule has 3 rings (SSSR count). The predicted molar refractivity (Wildman–Crippen MR) is 101 cm³/mol. The molecular weight excluding hydrogens is 328 g/mol. The summed E-state index contributed by atoms with van der Waals surface area (Å²) in [6.07, 6.45) is 2.35. The second kappa shape index (κ2) is 8.04. The number of anilines is 1. The number of rotatable bonds is 6. The summed E-state index contributed by atoms with van der Waals surface area (Å²) < 4.78 is 4.69. The van der Waals surface area contributed by atoms with Crippen LogP contribution >= 0.6 is 0 Å². The molecule has 1 unspecified atom stereocenters. The summed E-state index contributed by atoms with van der Waals surface area (Å²) >= 11 is 0. The molecule has 1 saturated carbocycles. The van der Waals surface area contributed by atoms with E-state index in [1.165, 1.54) is 20.0 Å². The number of methoxy groups -OCH3 is 1. The van der Waals surface area contributed by atoms with Crippen molar-refractivity contribution < 1.29 is 14.3 Å². The van der Waals surface area contributed by atoms with E-state index in [2.05, 4.69) is 12.2 Å². The smallest absolute Gasteiger partial charge is 0.337 e. The van der Waals surface area contributed by atoms with Gasteiger partial charge in [0.1, 0.15) is 0 Å². The minimum absolute atomic E-state index is 0.126. The second-order valence-corrected chi connectivity index (χ2v) is 6.69. The average molecular weight is 352 g/mol. The van der Waals surface area contributed by atoms with Gasteiger partial charge in [0.15, 0.2) is 0 Å². The van der Waals surface area contributed by atoms with Gasteiger partial charge in [0.05, 0.1) is 12.7 Å². The highest BCUT2D eigenvalue weighted by molar-refractivity contribution is 5.92. The summed E-state index contributed by atoms with van der Waals surface area (Å²) in [5.41, 5.74) is 2.22. The molecule has 1 aliphatic carbocycles. The molecule has 136 valence electrons. The Bertz CT molecular complexity index is 755. The Labute approximate surface area is 154 Å². The van der Waals surface area contributed by atoms with Gasteiger partial charge in [-0.1, -0.05) is 30.3 Å². The third kappa shape index (κ3) is 4.42. The zero-order valence-electron chi connectivity index (χ0n) is 15.1. The lowest BCUT2D eigenvalue weighted by Gasteiger charge is -2.29. The van der Waals surface area contributed by atoms with Crippen LogP contribution in [0, 0.1) is 5.92 Å². The molecule has 0 spiro atoms. The van der Waals surface area contributed by atoms with Crippen molar-refractivity contribution in [3.05, 3.63) is 65.7 Å². The Kier molecular flexibility index (Phi) is 5.56. The number of hydrogen-bond acceptors (Lipinski definition) is 3. The Balaban J connectivity index is 1.71. The Morgan fingerprint density at radius 3 is 2.35 bits per heavy atom. The SMILES string of the molecule is COC(=O)c1ccc(NC(=O)N(Cc2ccccc2)C(C)C2CC2)cc1. The van der Waals surface area contributed by atoms with Gasteiger partial charge in [-0.15, -0.1) is 0 Å². The maximum Gasteiger partial charge on any atom is 0.337 e. The van der Waals surface area contributed by atoms with E-state index in [0.717, 1.165) is 5.56 Å². The van der Waals surface area contributed by atoms with Crippen LogP contribution in [0.2, 0.25) is 0 Å². The van der Waals surface area contributed by atoms with Gasteiger partial charge < -0.3 is 15.0 Å².